The lowest BCUT2D eigenvalue weighted by atomic mass is 10.2. The van der Waals surface area contributed by atoms with Crippen molar-refractivity contribution >= 4 is 24.4 Å². The zero-order valence-electron chi connectivity index (χ0n) is 17.0. The summed E-state index contributed by atoms with van der Waals surface area (Å²) in [6.07, 6.45) is 4.38. The van der Waals surface area contributed by atoms with E-state index in [1.54, 1.807) is 0 Å². The summed E-state index contributed by atoms with van der Waals surface area (Å²) in [6.45, 7) is 2.57. The topological polar surface area (TPSA) is 52.9 Å². The van der Waals surface area contributed by atoms with E-state index < -0.39 is 7.32 Å². The Hall–Kier alpha value is -2.60. The summed E-state index contributed by atoms with van der Waals surface area (Å²) in [5, 5.41) is 16.5. The molecule has 0 saturated heterocycles. The highest BCUT2D eigenvalue weighted by atomic mass is 16.6. The summed E-state index contributed by atoms with van der Waals surface area (Å²) in [7, 11) is -1.60. The molecule has 3 rings (SSSR count). The number of nitrogens with zero attached hydrogens (tertiary/aromatic N) is 1. The monoisotopic (exact) mass is 391 g/mol. The van der Waals surface area contributed by atoms with Crippen LogP contribution in [0.4, 0.5) is 17.1 Å². The lowest BCUT2D eigenvalue weighted by molar-refractivity contribution is 0.182. The minimum atomic E-state index is -1.60. The number of rotatable bonds is 9. The van der Waals surface area contributed by atoms with Crippen molar-refractivity contribution < 1.29 is 14.7 Å². The fraction of sp³-hybridized carbons (Fsp3) is 0.250. The highest BCUT2D eigenvalue weighted by Gasteiger charge is 2.10. The van der Waals surface area contributed by atoms with E-state index in [0.29, 0.717) is 6.61 Å². The third-order valence-corrected chi connectivity index (χ3v) is 4.31. The second-order valence-corrected chi connectivity index (χ2v) is 6.60. The molecule has 0 saturated carbocycles. The summed E-state index contributed by atoms with van der Waals surface area (Å²) in [4.78, 5) is 2.25. The number of hydrogen-bond donors (Lipinski definition) is 2. The summed E-state index contributed by atoms with van der Waals surface area (Å²) in [5.41, 5.74) is 3.50. The Morgan fingerprint density at radius 1 is 0.655 bits per heavy atom. The fourth-order valence-corrected chi connectivity index (χ4v) is 2.90. The third-order valence-electron chi connectivity index (χ3n) is 4.31. The van der Waals surface area contributed by atoms with Crippen LogP contribution in [0, 0.1) is 0 Å². The molecule has 0 bridgehead atoms. The molecular formula is C24H30BNO3. The van der Waals surface area contributed by atoms with Gasteiger partial charge in [-0.25, -0.2) is 0 Å². The predicted octanol–water partition coefficient (Wildman–Crippen LogP) is 5.71. The van der Waals surface area contributed by atoms with Crippen LogP contribution in [-0.2, 0) is 4.65 Å². The molecule has 0 fully saturated rings. The fourth-order valence-electron chi connectivity index (χ4n) is 2.90. The van der Waals surface area contributed by atoms with Gasteiger partial charge in [0, 0.05) is 23.7 Å². The van der Waals surface area contributed by atoms with E-state index in [1.807, 2.05) is 18.2 Å². The summed E-state index contributed by atoms with van der Waals surface area (Å²) in [5.74, 6) is 0. The Labute approximate surface area is 174 Å². The van der Waals surface area contributed by atoms with Crippen LogP contribution in [0.15, 0.2) is 91.0 Å². The van der Waals surface area contributed by atoms with Gasteiger partial charge < -0.3 is 19.6 Å². The smallest absolute Gasteiger partial charge is 0.402 e. The molecule has 0 aliphatic rings. The molecular weight excluding hydrogens is 361 g/mol. The maximum Gasteiger partial charge on any atom is 0.633 e. The molecule has 0 spiro atoms. The number of anilines is 3. The van der Waals surface area contributed by atoms with Gasteiger partial charge in [0.1, 0.15) is 0 Å². The first-order valence-corrected chi connectivity index (χ1v) is 10.2. The van der Waals surface area contributed by atoms with Gasteiger partial charge in [-0.2, -0.15) is 0 Å². The van der Waals surface area contributed by atoms with Gasteiger partial charge in [0.2, 0.25) is 0 Å². The molecule has 3 aromatic carbocycles. The molecule has 5 heteroatoms. The molecule has 0 atom stereocenters. The predicted molar refractivity (Wildman–Crippen MR) is 121 cm³/mol. The van der Waals surface area contributed by atoms with Gasteiger partial charge in [-0.15, -0.1) is 0 Å². The number of unbranched alkanes of at least 4 members (excludes halogenated alkanes) is 3. The second kappa shape index (κ2) is 13.6. The Bertz CT molecular complexity index is 676. The quantitative estimate of drug-likeness (QED) is 0.362. The van der Waals surface area contributed by atoms with Crippen molar-refractivity contribution in [2.45, 2.75) is 32.6 Å². The largest absolute Gasteiger partial charge is 0.633 e. The van der Waals surface area contributed by atoms with Gasteiger partial charge in [0.15, 0.2) is 0 Å². The van der Waals surface area contributed by atoms with Gasteiger partial charge in [0.05, 0.1) is 0 Å². The van der Waals surface area contributed by atoms with Crippen molar-refractivity contribution in [3.63, 3.8) is 0 Å². The number of hydrogen-bond acceptors (Lipinski definition) is 4. The summed E-state index contributed by atoms with van der Waals surface area (Å²) < 4.78 is 4.50. The molecule has 3 aromatic rings. The van der Waals surface area contributed by atoms with Gasteiger partial charge in [-0.3, -0.25) is 0 Å². The van der Waals surface area contributed by atoms with E-state index >= 15 is 0 Å². The highest BCUT2D eigenvalue weighted by Crippen LogP contribution is 2.33. The Kier molecular flexibility index (Phi) is 10.6. The van der Waals surface area contributed by atoms with Crippen molar-refractivity contribution in [1.82, 2.24) is 0 Å². The van der Waals surface area contributed by atoms with Crippen LogP contribution in [-0.4, -0.2) is 24.0 Å². The minimum Gasteiger partial charge on any atom is -0.402 e. The van der Waals surface area contributed by atoms with E-state index in [1.165, 1.54) is 29.9 Å². The van der Waals surface area contributed by atoms with E-state index in [9.17, 15) is 0 Å². The molecule has 29 heavy (non-hydrogen) atoms. The highest BCUT2D eigenvalue weighted by molar-refractivity contribution is 6.32. The molecule has 0 unspecified atom stereocenters. The van der Waals surface area contributed by atoms with Crippen LogP contribution in [0.3, 0.4) is 0 Å². The van der Waals surface area contributed by atoms with Crippen LogP contribution in [0.2, 0.25) is 0 Å². The standard InChI is InChI=1S/C18H15N.C6H15BO3/c1-4-10-16(11-5-1)19(17-12-6-2-7-13-17)18-14-8-3-9-15-18;1-2-3-4-5-6-10-7(8)9/h1-15H;8-9H,2-6H2,1H3. The first-order valence-electron chi connectivity index (χ1n) is 10.2. The van der Waals surface area contributed by atoms with Gasteiger partial charge >= 0.3 is 7.32 Å². The normalized spacial score (nSPS) is 10.0. The molecule has 0 aliphatic heterocycles. The Morgan fingerprint density at radius 3 is 1.41 bits per heavy atom. The molecule has 0 aliphatic carbocycles. The van der Waals surface area contributed by atoms with Gasteiger partial charge in [0.25, 0.3) is 0 Å². The maximum absolute atomic E-state index is 8.24. The Balaban J connectivity index is 0.000000257. The van der Waals surface area contributed by atoms with Crippen LogP contribution in [0.25, 0.3) is 0 Å². The van der Waals surface area contributed by atoms with Crippen LogP contribution < -0.4 is 4.90 Å². The molecule has 4 nitrogen and oxygen atoms in total. The minimum absolute atomic E-state index is 0.442. The maximum atomic E-state index is 8.24. The molecule has 2 N–H and O–H groups in total. The second-order valence-electron chi connectivity index (χ2n) is 6.60. The lowest BCUT2D eigenvalue weighted by Gasteiger charge is -2.25. The van der Waals surface area contributed by atoms with Gasteiger partial charge in [-0.1, -0.05) is 80.8 Å². The average molecular weight is 391 g/mol. The average Bonchev–Trinajstić information content (AvgIpc) is 2.76. The van der Waals surface area contributed by atoms with Crippen molar-refractivity contribution in [2.75, 3.05) is 11.5 Å². The third kappa shape index (κ3) is 8.52. The van der Waals surface area contributed by atoms with E-state index in [2.05, 4.69) is 89.3 Å². The first-order chi connectivity index (χ1) is 14.2. The number of para-hydroxylation sites is 3. The summed E-state index contributed by atoms with van der Waals surface area (Å²) in [6, 6.07) is 31.3. The lowest BCUT2D eigenvalue weighted by Crippen LogP contribution is -2.17. The number of benzene rings is 3. The van der Waals surface area contributed by atoms with Crippen molar-refractivity contribution in [2.24, 2.45) is 0 Å². The molecule has 0 heterocycles. The van der Waals surface area contributed by atoms with E-state index in [4.69, 9.17) is 10.0 Å². The molecule has 0 aromatic heterocycles. The van der Waals surface area contributed by atoms with Crippen molar-refractivity contribution in [3.8, 4) is 0 Å². The van der Waals surface area contributed by atoms with Crippen molar-refractivity contribution in [1.29, 1.82) is 0 Å². The zero-order chi connectivity index (χ0) is 20.7. The Morgan fingerprint density at radius 2 is 1.07 bits per heavy atom. The van der Waals surface area contributed by atoms with Crippen LogP contribution in [0.1, 0.15) is 32.6 Å². The van der Waals surface area contributed by atoms with Crippen LogP contribution in [0.5, 0.6) is 0 Å². The molecule has 0 radical (unpaired) electrons. The molecule has 0 amide bonds. The SMILES string of the molecule is CCCCCCOB(O)O.c1ccc(N(c2ccccc2)c2ccccc2)cc1. The van der Waals surface area contributed by atoms with Crippen LogP contribution >= 0.6 is 0 Å². The van der Waals surface area contributed by atoms with E-state index in [0.717, 1.165) is 12.8 Å². The van der Waals surface area contributed by atoms with Gasteiger partial charge in [-0.05, 0) is 42.8 Å². The first kappa shape index (κ1) is 22.7. The molecule has 152 valence electrons. The summed E-state index contributed by atoms with van der Waals surface area (Å²) >= 11 is 0. The zero-order valence-corrected chi connectivity index (χ0v) is 17.0. The van der Waals surface area contributed by atoms with Crippen molar-refractivity contribution in [3.05, 3.63) is 91.0 Å². The van der Waals surface area contributed by atoms with E-state index in [-0.39, 0.29) is 0 Å².